The van der Waals surface area contributed by atoms with Crippen LogP contribution in [0.1, 0.15) is 19.0 Å². The Hall–Kier alpha value is -2.09. The number of carbonyl (C=O) groups is 2. The van der Waals surface area contributed by atoms with E-state index in [0.29, 0.717) is 17.8 Å². The minimum absolute atomic E-state index is 0.0452. The minimum Gasteiger partial charge on any atom is -0.480 e. The number of carbonyl (C=O) groups excluding carboxylic acids is 1. The van der Waals surface area contributed by atoms with E-state index in [1.54, 1.807) is 17.9 Å². The van der Waals surface area contributed by atoms with Crippen LogP contribution in [0.25, 0.3) is 0 Å². The van der Waals surface area contributed by atoms with Crippen LogP contribution < -0.4 is 10.6 Å². The highest BCUT2D eigenvalue weighted by Gasteiger charge is 2.20. The van der Waals surface area contributed by atoms with E-state index in [4.69, 9.17) is 10.2 Å². The zero-order chi connectivity index (χ0) is 14.4. The van der Waals surface area contributed by atoms with E-state index < -0.39 is 18.0 Å². The predicted octanol–water partition coefficient (Wildman–Crippen LogP) is -0.0604. The molecule has 0 saturated carbocycles. The molecule has 0 unspecified atom stereocenters. The summed E-state index contributed by atoms with van der Waals surface area (Å²) in [5, 5.41) is 26.6. The Morgan fingerprint density at radius 2 is 2.21 bits per heavy atom. The summed E-state index contributed by atoms with van der Waals surface area (Å²) in [6.07, 6.45) is 2.24. The number of aliphatic hydroxyl groups excluding tert-OH is 1. The number of carboxylic acids is 1. The van der Waals surface area contributed by atoms with E-state index in [-0.39, 0.29) is 13.0 Å². The predicted molar refractivity (Wildman–Crippen MR) is 67.9 cm³/mol. The highest BCUT2D eigenvalue weighted by molar-refractivity contribution is 5.92. The summed E-state index contributed by atoms with van der Waals surface area (Å²) >= 11 is 0. The van der Waals surface area contributed by atoms with Gasteiger partial charge >= 0.3 is 12.0 Å². The van der Waals surface area contributed by atoms with Gasteiger partial charge in [0.05, 0.1) is 11.4 Å². The number of hydrogen-bond acceptors (Lipinski definition) is 4. The largest absolute Gasteiger partial charge is 0.480 e. The van der Waals surface area contributed by atoms with Crippen molar-refractivity contribution in [2.75, 3.05) is 11.9 Å². The molecule has 0 aromatic carbocycles. The molecule has 0 aliphatic carbocycles. The molecule has 0 aliphatic rings. The van der Waals surface area contributed by atoms with Gasteiger partial charge in [-0.15, -0.1) is 0 Å². The van der Waals surface area contributed by atoms with Gasteiger partial charge in [0.25, 0.3) is 0 Å². The van der Waals surface area contributed by atoms with Crippen molar-refractivity contribution in [3.63, 3.8) is 0 Å². The summed E-state index contributed by atoms with van der Waals surface area (Å²) < 4.78 is 1.57. The fourth-order valence-electron chi connectivity index (χ4n) is 1.60. The fourth-order valence-corrected chi connectivity index (χ4v) is 1.60. The van der Waals surface area contributed by atoms with Gasteiger partial charge in [-0.3, -0.25) is 4.68 Å². The number of aliphatic hydroxyl groups is 1. The number of carboxylic acid groups (broad SMARTS) is 1. The third-order valence-electron chi connectivity index (χ3n) is 2.51. The molecule has 0 aliphatic heterocycles. The van der Waals surface area contributed by atoms with Gasteiger partial charge in [-0.05, 0) is 6.42 Å². The third-order valence-corrected chi connectivity index (χ3v) is 2.51. The van der Waals surface area contributed by atoms with Crippen LogP contribution in [0.3, 0.4) is 0 Å². The first kappa shape index (κ1) is 15.0. The number of aryl methyl sites for hydroxylation is 2. The number of hydrogen-bond donors (Lipinski definition) is 4. The molecule has 1 rings (SSSR count). The first-order valence-corrected chi connectivity index (χ1v) is 5.91. The molecule has 1 atom stereocenters. The molecular weight excluding hydrogens is 252 g/mol. The lowest BCUT2D eigenvalue weighted by atomic mass is 10.2. The summed E-state index contributed by atoms with van der Waals surface area (Å²) in [6, 6.07) is -1.75. The van der Waals surface area contributed by atoms with Crippen LogP contribution in [0.2, 0.25) is 0 Å². The lowest BCUT2D eigenvalue weighted by Crippen LogP contribution is -2.43. The lowest BCUT2D eigenvalue weighted by Gasteiger charge is -2.13. The number of rotatable bonds is 6. The monoisotopic (exact) mass is 270 g/mol. The molecule has 4 N–H and O–H groups in total. The van der Waals surface area contributed by atoms with E-state index in [2.05, 4.69) is 15.7 Å². The van der Waals surface area contributed by atoms with E-state index in [1.807, 2.05) is 6.92 Å². The van der Waals surface area contributed by atoms with Crippen LogP contribution in [0.4, 0.5) is 10.5 Å². The van der Waals surface area contributed by atoms with Crippen LogP contribution in [-0.2, 0) is 18.3 Å². The molecule has 2 amide bonds. The van der Waals surface area contributed by atoms with Crippen LogP contribution in [0.5, 0.6) is 0 Å². The molecule has 0 radical (unpaired) electrons. The molecule has 1 aromatic rings. The average Bonchev–Trinajstić information content (AvgIpc) is 2.68. The summed E-state index contributed by atoms with van der Waals surface area (Å²) in [7, 11) is 1.73. The average molecular weight is 270 g/mol. The lowest BCUT2D eigenvalue weighted by molar-refractivity contribution is -0.139. The van der Waals surface area contributed by atoms with Crippen molar-refractivity contribution in [1.29, 1.82) is 0 Å². The maximum Gasteiger partial charge on any atom is 0.326 e. The number of aliphatic carboxylic acids is 1. The molecule has 106 valence electrons. The first-order valence-electron chi connectivity index (χ1n) is 5.91. The summed E-state index contributed by atoms with van der Waals surface area (Å²) in [6.45, 7) is 1.58. The molecule has 0 fully saturated rings. The van der Waals surface area contributed by atoms with Crippen molar-refractivity contribution >= 4 is 17.7 Å². The summed E-state index contributed by atoms with van der Waals surface area (Å²) in [5.74, 6) is -1.19. The Morgan fingerprint density at radius 1 is 1.53 bits per heavy atom. The van der Waals surface area contributed by atoms with Gasteiger partial charge in [-0.25, -0.2) is 9.59 Å². The number of aromatic nitrogens is 2. The van der Waals surface area contributed by atoms with E-state index >= 15 is 0 Å². The molecule has 1 heterocycles. The van der Waals surface area contributed by atoms with E-state index in [0.717, 1.165) is 0 Å². The topological polar surface area (TPSA) is 116 Å². The number of urea groups is 1. The minimum atomic E-state index is -1.19. The molecule has 1 aromatic heterocycles. The van der Waals surface area contributed by atoms with Crippen molar-refractivity contribution in [3.8, 4) is 0 Å². The number of amides is 2. The van der Waals surface area contributed by atoms with Gasteiger partial charge in [-0.1, -0.05) is 6.92 Å². The standard InChI is InChI=1S/C11H18N4O4/c1-3-7-9(6-15(2)14-7)13-11(19)12-8(4-5-16)10(17)18/h6,8,16H,3-5H2,1-2H3,(H,17,18)(H2,12,13,19)/t8-/m0/s1. The Balaban J connectivity index is 2.65. The van der Waals surface area contributed by atoms with Gasteiger partial charge in [0.2, 0.25) is 0 Å². The highest BCUT2D eigenvalue weighted by Crippen LogP contribution is 2.13. The van der Waals surface area contributed by atoms with Gasteiger partial charge < -0.3 is 20.8 Å². The second-order valence-corrected chi connectivity index (χ2v) is 4.02. The van der Waals surface area contributed by atoms with Crippen molar-refractivity contribution in [3.05, 3.63) is 11.9 Å². The Kier molecular flexibility index (Phi) is 5.31. The zero-order valence-corrected chi connectivity index (χ0v) is 10.9. The molecule has 0 bridgehead atoms. The number of nitrogens with zero attached hydrogens (tertiary/aromatic N) is 2. The van der Waals surface area contributed by atoms with Crippen LogP contribution in [0, 0.1) is 0 Å². The van der Waals surface area contributed by atoms with Crippen molar-refractivity contribution < 1.29 is 19.8 Å². The normalized spacial score (nSPS) is 11.9. The van der Waals surface area contributed by atoms with Crippen LogP contribution in [-0.4, -0.2) is 44.6 Å². The SMILES string of the molecule is CCc1nn(C)cc1NC(=O)N[C@@H](CCO)C(=O)O. The summed E-state index contributed by atoms with van der Waals surface area (Å²) in [4.78, 5) is 22.5. The van der Waals surface area contributed by atoms with Gasteiger partial charge in [-0.2, -0.15) is 5.10 Å². The van der Waals surface area contributed by atoms with Gasteiger partial charge in [0.15, 0.2) is 0 Å². The van der Waals surface area contributed by atoms with Crippen molar-refractivity contribution in [2.24, 2.45) is 7.05 Å². The maximum absolute atomic E-state index is 11.7. The third kappa shape index (κ3) is 4.25. The second kappa shape index (κ2) is 6.74. The molecule has 8 nitrogen and oxygen atoms in total. The van der Waals surface area contributed by atoms with Crippen molar-refractivity contribution in [2.45, 2.75) is 25.8 Å². The van der Waals surface area contributed by atoms with Crippen molar-refractivity contribution in [1.82, 2.24) is 15.1 Å². The Morgan fingerprint density at radius 3 is 2.74 bits per heavy atom. The first-order chi connectivity index (χ1) is 8.97. The van der Waals surface area contributed by atoms with E-state index in [9.17, 15) is 9.59 Å². The molecule has 0 saturated heterocycles. The molecule has 0 spiro atoms. The maximum atomic E-state index is 11.7. The van der Waals surface area contributed by atoms with Gasteiger partial charge in [0.1, 0.15) is 6.04 Å². The Labute approximate surface area is 110 Å². The smallest absolute Gasteiger partial charge is 0.326 e. The van der Waals surface area contributed by atoms with Crippen LogP contribution >= 0.6 is 0 Å². The number of anilines is 1. The zero-order valence-electron chi connectivity index (χ0n) is 10.9. The molecule has 19 heavy (non-hydrogen) atoms. The fraction of sp³-hybridized carbons (Fsp3) is 0.545. The van der Waals surface area contributed by atoms with E-state index in [1.165, 1.54) is 0 Å². The second-order valence-electron chi connectivity index (χ2n) is 4.02. The Bertz CT molecular complexity index is 458. The summed E-state index contributed by atoms with van der Waals surface area (Å²) in [5.41, 5.74) is 1.25. The molecule has 8 heteroatoms. The number of nitrogens with one attached hydrogen (secondary N) is 2. The highest BCUT2D eigenvalue weighted by atomic mass is 16.4. The quantitative estimate of drug-likeness (QED) is 0.578. The molecular formula is C11H18N4O4. The van der Waals surface area contributed by atoms with Crippen LogP contribution in [0.15, 0.2) is 6.20 Å². The van der Waals surface area contributed by atoms with Gasteiger partial charge in [0, 0.05) is 26.3 Å².